The van der Waals surface area contributed by atoms with Crippen LogP contribution in [0.5, 0.6) is 0 Å². The van der Waals surface area contributed by atoms with Crippen molar-refractivity contribution < 1.29 is 13.9 Å². The fourth-order valence-electron chi connectivity index (χ4n) is 2.31. The molecule has 0 aliphatic carbocycles. The Morgan fingerprint density at radius 2 is 2.27 bits per heavy atom. The monoisotopic (exact) mass is 364 g/mol. The number of halogens is 1. The van der Waals surface area contributed by atoms with Crippen LogP contribution in [0.4, 0.5) is 0 Å². The van der Waals surface area contributed by atoms with E-state index in [1.165, 1.54) is 10.8 Å². The third-order valence-corrected chi connectivity index (χ3v) is 4.14. The second-order valence-corrected chi connectivity index (χ2v) is 5.46. The summed E-state index contributed by atoms with van der Waals surface area (Å²) in [6, 6.07) is 5.65. The number of carbonyl (C=O) groups excluding carboxylic acids is 1. The molecule has 0 aliphatic heterocycles. The number of carbonyl (C=O) groups is 1. The van der Waals surface area contributed by atoms with Gasteiger partial charge in [-0.2, -0.15) is 0 Å². The molecule has 0 fully saturated rings. The van der Waals surface area contributed by atoms with E-state index in [0.29, 0.717) is 23.3 Å². The summed E-state index contributed by atoms with van der Waals surface area (Å²) in [4.78, 5) is 26.6. The van der Waals surface area contributed by atoms with Crippen LogP contribution in [0.3, 0.4) is 0 Å². The van der Waals surface area contributed by atoms with Gasteiger partial charge in [-0.15, -0.1) is 0 Å². The molecular weight excluding hydrogens is 352 g/mol. The highest BCUT2D eigenvalue weighted by Crippen LogP contribution is 2.30. The number of rotatable bonds is 4. The van der Waals surface area contributed by atoms with Crippen LogP contribution in [-0.4, -0.2) is 22.1 Å². The van der Waals surface area contributed by atoms with Gasteiger partial charge in [0, 0.05) is 11.6 Å². The number of H-pyrrole nitrogens is 1. The minimum Gasteiger partial charge on any atom is -0.461 e. The molecule has 0 bridgehead atoms. The van der Waals surface area contributed by atoms with Crippen molar-refractivity contribution in [3.63, 3.8) is 0 Å². The number of ether oxygens (including phenoxy) is 1. The smallest absolute Gasteiger partial charge is 0.419 e. The maximum absolute atomic E-state index is 12.0. The quantitative estimate of drug-likeness (QED) is 0.722. The first-order valence-electron chi connectivity index (χ1n) is 6.72. The molecule has 114 valence electrons. The summed E-state index contributed by atoms with van der Waals surface area (Å²) in [6.45, 7) is 2.41. The molecule has 7 heteroatoms. The standard InChI is InChI=1S/C15H13BrN2O4/c1-2-21-14(19)13-11(16)10-5-3-4-9(12(10)17-13)8-18-6-7-22-15(18)20/h3-7,17H,2,8H2,1H3. The first-order valence-corrected chi connectivity index (χ1v) is 7.51. The molecule has 0 atom stereocenters. The number of benzene rings is 1. The maximum Gasteiger partial charge on any atom is 0.419 e. The molecule has 0 amide bonds. The lowest BCUT2D eigenvalue weighted by Crippen LogP contribution is -2.14. The second kappa shape index (κ2) is 5.84. The zero-order valence-corrected chi connectivity index (χ0v) is 13.3. The van der Waals surface area contributed by atoms with Crippen molar-refractivity contribution in [1.29, 1.82) is 0 Å². The van der Waals surface area contributed by atoms with E-state index in [4.69, 9.17) is 9.15 Å². The molecule has 2 aromatic heterocycles. The van der Waals surface area contributed by atoms with Gasteiger partial charge in [-0.3, -0.25) is 4.57 Å². The highest BCUT2D eigenvalue weighted by molar-refractivity contribution is 9.10. The van der Waals surface area contributed by atoms with Crippen LogP contribution >= 0.6 is 15.9 Å². The normalized spacial score (nSPS) is 11.0. The number of nitrogens with zero attached hydrogens (tertiary/aromatic N) is 1. The number of fused-ring (bicyclic) bond motifs is 1. The summed E-state index contributed by atoms with van der Waals surface area (Å²) in [6.07, 6.45) is 2.92. The molecule has 0 unspecified atom stereocenters. The molecule has 3 rings (SSSR count). The van der Waals surface area contributed by atoms with Gasteiger partial charge in [-0.05, 0) is 28.4 Å². The van der Waals surface area contributed by atoms with Crippen LogP contribution < -0.4 is 5.76 Å². The van der Waals surface area contributed by atoms with Gasteiger partial charge in [-0.25, -0.2) is 9.59 Å². The van der Waals surface area contributed by atoms with Crippen LogP contribution in [0.2, 0.25) is 0 Å². The van der Waals surface area contributed by atoms with Gasteiger partial charge >= 0.3 is 11.7 Å². The molecule has 0 radical (unpaired) electrons. The number of oxazole rings is 1. The Balaban J connectivity index is 2.09. The van der Waals surface area contributed by atoms with E-state index in [1.807, 2.05) is 18.2 Å². The molecule has 0 saturated heterocycles. The number of esters is 1. The average Bonchev–Trinajstić information content (AvgIpc) is 3.05. The highest BCUT2D eigenvalue weighted by Gasteiger charge is 2.18. The molecule has 6 nitrogen and oxygen atoms in total. The van der Waals surface area contributed by atoms with Crippen molar-refractivity contribution >= 4 is 32.8 Å². The number of hydrogen-bond donors (Lipinski definition) is 1. The second-order valence-electron chi connectivity index (χ2n) is 4.67. The Morgan fingerprint density at radius 1 is 1.45 bits per heavy atom. The molecule has 1 N–H and O–H groups in total. The zero-order chi connectivity index (χ0) is 15.7. The lowest BCUT2D eigenvalue weighted by atomic mass is 10.1. The number of para-hydroxylation sites is 1. The predicted octanol–water partition coefficient (Wildman–Crippen LogP) is 2.91. The van der Waals surface area contributed by atoms with E-state index >= 15 is 0 Å². The van der Waals surface area contributed by atoms with Gasteiger partial charge in [-0.1, -0.05) is 18.2 Å². The number of aromatic amines is 1. The molecule has 2 heterocycles. The fourth-order valence-corrected chi connectivity index (χ4v) is 2.90. The molecule has 22 heavy (non-hydrogen) atoms. The van der Waals surface area contributed by atoms with Crippen molar-refractivity contribution in [1.82, 2.24) is 9.55 Å². The number of nitrogens with one attached hydrogen (secondary N) is 1. The largest absolute Gasteiger partial charge is 0.461 e. The van der Waals surface area contributed by atoms with Gasteiger partial charge in [0.15, 0.2) is 0 Å². The average molecular weight is 365 g/mol. The summed E-state index contributed by atoms with van der Waals surface area (Å²) in [5.41, 5.74) is 2.02. The fraction of sp³-hybridized carbons (Fsp3) is 0.200. The topological polar surface area (TPSA) is 77.2 Å². The molecular formula is C15H13BrN2O4. The van der Waals surface area contributed by atoms with Crippen LogP contribution in [0.1, 0.15) is 23.0 Å². The van der Waals surface area contributed by atoms with E-state index in [9.17, 15) is 9.59 Å². The van der Waals surface area contributed by atoms with Crippen molar-refractivity contribution in [3.8, 4) is 0 Å². The van der Waals surface area contributed by atoms with E-state index in [2.05, 4.69) is 20.9 Å². The zero-order valence-electron chi connectivity index (χ0n) is 11.8. The lowest BCUT2D eigenvalue weighted by molar-refractivity contribution is 0.0519. The molecule has 0 spiro atoms. The summed E-state index contributed by atoms with van der Waals surface area (Å²) in [7, 11) is 0. The third kappa shape index (κ3) is 2.48. The first-order chi connectivity index (χ1) is 10.6. The minimum absolute atomic E-state index is 0.303. The Hall–Kier alpha value is -2.28. The van der Waals surface area contributed by atoms with Crippen molar-refractivity contribution in [2.75, 3.05) is 6.61 Å². The van der Waals surface area contributed by atoms with Crippen LogP contribution in [0.15, 0.2) is 44.3 Å². The maximum atomic E-state index is 12.0. The van der Waals surface area contributed by atoms with Crippen molar-refractivity contribution in [2.45, 2.75) is 13.5 Å². The van der Waals surface area contributed by atoms with Crippen LogP contribution in [-0.2, 0) is 11.3 Å². The van der Waals surface area contributed by atoms with Crippen LogP contribution in [0.25, 0.3) is 10.9 Å². The first kappa shape index (κ1) is 14.6. The molecule has 1 aromatic carbocycles. The van der Waals surface area contributed by atoms with E-state index < -0.39 is 11.7 Å². The summed E-state index contributed by atoms with van der Waals surface area (Å²) >= 11 is 3.43. The Bertz CT molecular complexity index is 890. The summed E-state index contributed by atoms with van der Waals surface area (Å²) in [5.74, 6) is -0.842. The number of hydrogen-bond acceptors (Lipinski definition) is 4. The van der Waals surface area contributed by atoms with Crippen LogP contribution in [0, 0.1) is 0 Å². The van der Waals surface area contributed by atoms with Gasteiger partial charge in [0.1, 0.15) is 12.0 Å². The predicted molar refractivity (Wildman–Crippen MR) is 84.0 cm³/mol. The molecule has 0 aliphatic rings. The summed E-state index contributed by atoms with van der Waals surface area (Å²) < 4.78 is 11.9. The van der Waals surface area contributed by atoms with Gasteiger partial charge in [0.25, 0.3) is 0 Å². The Kier molecular flexibility index (Phi) is 3.89. The minimum atomic E-state index is -0.423. The van der Waals surface area contributed by atoms with E-state index in [0.717, 1.165) is 16.5 Å². The molecule has 3 aromatic rings. The lowest BCUT2D eigenvalue weighted by Gasteiger charge is -2.03. The Morgan fingerprint density at radius 3 is 2.95 bits per heavy atom. The van der Waals surface area contributed by atoms with Crippen molar-refractivity contribution in [2.24, 2.45) is 0 Å². The third-order valence-electron chi connectivity index (χ3n) is 3.32. The number of aromatic nitrogens is 2. The molecule has 0 saturated carbocycles. The Labute approximate surface area is 133 Å². The van der Waals surface area contributed by atoms with Gasteiger partial charge < -0.3 is 14.1 Å². The van der Waals surface area contributed by atoms with Crippen molar-refractivity contribution in [3.05, 3.63) is 56.9 Å². The van der Waals surface area contributed by atoms with Gasteiger partial charge in [0.2, 0.25) is 0 Å². The summed E-state index contributed by atoms with van der Waals surface area (Å²) in [5, 5.41) is 0.858. The SMILES string of the molecule is CCOC(=O)c1[nH]c2c(Cn3ccoc3=O)cccc2c1Br. The highest BCUT2D eigenvalue weighted by atomic mass is 79.9. The van der Waals surface area contributed by atoms with E-state index in [1.54, 1.807) is 13.1 Å². The van der Waals surface area contributed by atoms with E-state index in [-0.39, 0.29) is 0 Å². The van der Waals surface area contributed by atoms with Gasteiger partial charge in [0.05, 0.1) is 23.1 Å².